The first-order valence-electron chi connectivity index (χ1n) is 5.89. The van der Waals surface area contributed by atoms with Crippen LogP contribution >= 0.6 is 0 Å². The summed E-state index contributed by atoms with van der Waals surface area (Å²) in [6.45, 7) is 1.55. The summed E-state index contributed by atoms with van der Waals surface area (Å²) in [7, 11) is 1.48. The molecule has 1 aromatic rings. The first kappa shape index (κ1) is 11.8. The first-order chi connectivity index (χ1) is 8.24. The summed E-state index contributed by atoms with van der Waals surface area (Å²) in [5.74, 6) is 0.166. The van der Waals surface area contributed by atoms with Gasteiger partial charge in [0.15, 0.2) is 11.5 Å². The summed E-state index contributed by atoms with van der Waals surface area (Å²) in [6, 6.07) is 4.99. The summed E-state index contributed by atoms with van der Waals surface area (Å²) < 4.78 is 5.00. The smallest absolute Gasteiger partial charge is 0.257 e. The Bertz CT molecular complexity index is 411. The van der Waals surface area contributed by atoms with E-state index in [2.05, 4.69) is 0 Å². The number of hydrogen-bond donors (Lipinski definition) is 1. The zero-order valence-electron chi connectivity index (χ0n) is 9.98. The SMILES string of the molecule is COc1cccc(C(=O)N2CCCCC2)c1O. The quantitative estimate of drug-likeness (QED) is 0.853. The topological polar surface area (TPSA) is 49.8 Å². The molecule has 0 radical (unpaired) electrons. The lowest BCUT2D eigenvalue weighted by Gasteiger charge is -2.27. The van der Waals surface area contributed by atoms with Crippen LogP contribution in [0.15, 0.2) is 18.2 Å². The molecule has 0 bridgehead atoms. The van der Waals surface area contributed by atoms with Crippen LogP contribution in [0.4, 0.5) is 0 Å². The van der Waals surface area contributed by atoms with E-state index in [-0.39, 0.29) is 11.7 Å². The van der Waals surface area contributed by atoms with Gasteiger partial charge in [0.2, 0.25) is 0 Å². The highest BCUT2D eigenvalue weighted by Crippen LogP contribution is 2.30. The standard InChI is InChI=1S/C13H17NO3/c1-17-11-7-5-6-10(12(11)15)13(16)14-8-3-2-4-9-14/h5-7,15H,2-4,8-9H2,1H3. The highest BCUT2D eigenvalue weighted by molar-refractivity contribution is 5.97. The summed E-state index contributed by atoms with van der Waals surface area (Å²) >= 11 is 0. The average Bonchev–Trinajstić information content (AvgIpc) is 2.39. The fourth-order valence-corrected chi connectivity index (χ4v) is 2.13. The Balaban J connectivity index is 2.23. The number of para-hydroxylation sites is 1. The second-order valence-corrected chi connectivity index (χ2v) is 4.21. The van der Waals surface area contributed by atoms with Gasteiger partial charge in [0.25, 0.3) is 5.91 Å². The molecule has 0 atom stereocenters. The predicted molar refractivity (Wildman–Crippen MR) is 64.4 cm³/mol. The molecule has 17 heavy (non-hydrogen) atoms. The van der Waals surface area contributed by atoms with Crippen molar-refractivity contribution < 1.29 is 14.6 Å². The van der Waals surface area contributed by atoms with Crippen molar-refractivity contribution in [2.24, 2.45) is 0 Å². The second-order valence-electron chi connectivity index (χ2n) is 4.21. The number of hydrogen-bond acceptors (Lipinski definition) is 3. The number of ether oxygens (including phenoxy) is 1. The second kappa shape index (κ2) is 5.08. The molecule has 1 heterocycles. The van der Waals surface area contributed by atoms with Gasteiger partial charge in [-0.1, -0.05) is 6.07 Å². The van der Waals surface area contributed by atoms with Crippen molar-refractivity contribution in [3.63, 3.8) is 0 Å². The highest BCUT2D eigenvalue weighted by Gasteiger charge is 2.22. The maximum Gasteiger partial charge on any atom is 0.257 e. The number of nitrogens with zero attached hydrogens (tertiary/aromatic N) is 1. The minimum absolute atomic E-state index is 0.0643. The number of piperidine rings is 1. The van der Waals surface area contributed by atoms with E-state index in [1.54, 1.807) is 23.1 Å². The molecule has 0 unspecified atom stereocenters. The van der Waals surface area contributed by atoms with Crippen molar-refractivity contribution in [2.45, 2.75) is 19.3 Å². The average molecular weight is 235 g/mol. The third-order valence-electron chi connectivity index (χ3n) is 3.09. The number of carbonyl (C=O) groups excluding carboxylic acids is 1. The molecular formula is C13H17NO3. The van der Waals surface area contributed by atoms with Gasteiger partial charge in [0, 0.05) is 13.1 Å². The van der Waals surface area contributed by atoms with Crippen LogP contribution in [0.2, 0.25) is 0 Å². The molecule has 2 rings (SSSR count). The number of rotatable bonds is 2. The Kier molecular flexibility index (Phi) is 3.52. The summed E-state index contributed by atoms with van der Waals surface area (Å²) in [5, 5.41) is 9.92. The van der Waals surface area contributed by atoms with Gasteiger partial charge in [-0.2, -0.15) is 0 Å². The number of phenolic OH excluding ortho intramolecular Hbond substituents is 1. The van der Waals surface area contributed by atoms with Crippen LogP contribution < -0.4 is 4.74 Å². The minimum Gasteiger partial charge on any atom is -0.504 e. The van der Waals surface area contributed by atoms with Crippen LogP contribution in [0, 0.1) is 0 Å². The Morgan fingerprint density at radius 1 is 1.29 bits per heavy atom. The van der Waals surface area contributed by atoms with Gasteiger partial charge >= 0.3 is 0 Å². The fourth-order valence-electron chi connectivity index (χ4n) is 2.13. The van der Waals surface area contributed by atoms with Crippen molar-refractivity contribution in [1.82, 2.24) is 4.90 Å². The monoisotopic (exact) mass is 235 g/mol. The molecule has 1 aliphatic heterocycles. The summed E-state index contributed by atoms with van der Waals surface area (Å²) in [6.07, 6.45) is 3.25. The molecule has 0 saturated carbocycles. The van der Waals surface area contributed by atoms with E-state index in [0.717, 1.165) is 25.9 Å². The van der Waals surface area contributed by atoms with Gasteiger partial charge in [-0.25, -0.2) is 0 Å². The molecule has 1 amide bonds. The van der Waals surface area contributed by atoms with Crippen LogP contribution in [0.5, 0.6) is 11.5 Å². The van der Waals surface area contributed by atoms with Gasteiger partial charge in [-0.3, -0.25) is 4.79 Å². The van der Waals surface area contributed by atoms with Crippen LogP contribution in [0.25, 0.3) is 0 Å². The molecule has 92 valence electrons. The normalized spacial score (nSPS) is 15.7. The number of aromatic hydroxyl groups is 1. The lowest BCUT2D eigenvalue weighted by Crippen LogP contribution is -2.35. The zero-order chi connectivity index (χ0) is 12.3. The molecule has 1 aliphatic rings. The lowest BCUT2D eigenvalue weighted by atomic mass is 10.1. The van der Waals surface area contributed by atoms with E-state index in [4.69, 9.17) is 4.74 Å². The van der Waals surface area contributed by atoms with Crippen LogP contribution in [-0.2, 0) is 0 Å². The Labute approximate surface area is 101 Å². The third-order valence-corrected chi connectivity index (χ3v) is 3.09. The van der Waals surface area contributed by atoms with E-state index in [0.29, 0.717) is 11.3 Å². The van der Waals surface area contributed by atoms with E-state index in [9.17, 15) is 9.90 Å². The fraction of sp³-hybridized carbons (Fsp3) is 0.462. The molecule has 1 fully saturated rings. The molecule has 0 aromatic heterocycles. The number of amides is 1. The number of benzene rings is 1. The van der Waals surface area contributed by atoms with Gasteiger partial charge in [-0.15, -0.1) is 0 Å². The predicted octanol–water partition coefficient (Wildman–Crippen LogP) is 2.03. The van der Waals surface area contributed by atoms with E-state index >= 15 is 0 Å². The minimum atomic E-state index is -0.110. The Morgan fingerprint density at radius 2 is 2.00 bits per heavy atom. The highest BCUT2D eigenvalue weighted by atomic mass is 16.5. The number of methoxy groups -OCH3 is 1. The Morgan fingerprint density at radius 3 is 2.65 bits per heavy atom. The summed E-state index contributed by atoms with van der Waals surface area (Å²) in [4.78, 5) is 14.0. The van der Waals surface area contributed by atoms with Crippen LogP contribution in [0.1, 0.15) is 29.6 Å². The van der Waals surface area contributed by atoms with E-state index < -0.39 is 0 Å². The molecule has 1 aromatic carbocycles. The first-order valence-corrected chi connectivity index (χ1v) is 5.89. The van der Waals surface area contributed by atoms with Gasteiger partial charge in [0.05, 0.1) is 12.7 Å². The van der Waals surface area contributed by atoms with Crippen molar-refractivity contribution in [3.8, 4) is 11.5 Å². The molecule has 4 heteroatoms. The van der Waals surface area contributed by atoms with Gasteiger partial charge in [0.1, 0.15) is 0 Å². The molecule has 1 N–H and O–H groups in total. The Hall–Kier alpha value is -1.71. The summed E-state index contributed by atoms with van der Waals surface area (Å²) in [5.41, 5.74) is 0.325. The van der Waals surface area contributed by atoms with Crippen molar-refractivity contribution in [3.05, 3.63) is 23.8 Å². The number of carbonyl (C=O) groups is 1. The third kappa shape index (κ3) is 2.35. The largest absolute Gasteiger partial charge is 0.504 e. The van der Waals surface area contributed by atoms with Gasteiger partial charge < -0.3 is 14.7 Å². The maximum atomic E-state index is 12.2. The molecule has 1 saturated heterocycles. The van der Waals surface area contributed by atoms with Crippen LogP contribution in [-0.4, -0.2) is 36.1 Å². The number of phenols is 1. The molecule has 0 aliphatic carbocycles. The maximum absolute atomic E-state index is 12.2. The van der Waals surface area contributed by atoms with Crippen molar-refractivity contribution in [1.29, 1.82) is 0 Å². The molecular weight excluding hydrogens is 218 g/mol. The van der Waals surface area contributed by atoms with Gasteiger partial charge in [-0.05, 0) is 31.4 Å². The number of likely N-dealkylation sites (tertiary alicyclic amines) is 1. The lowest BCUT2D eigenvalue weighted by molar-refractivity contribution is 0.0720. The van der Waals surface area contributed by atoms with E-state index in [1.165, 1.54) is 13.5 Å². The van der Waals surface area contributed by atoms with Crippen molar-refractivity contribution in [2.75, 3.05) is 20.2 Å². The van der Waals surface area contributed by atoms with Crippen molar-refractivity contribution >= 4 is 5.91 Å². The zero-order valence-corrected chi connectivity index (χ0v) is 9.98. The van der Waals surface area contributed by atoms with Crippen LogP contribution in [0.3, 0.4) is 0 Å². The molecule has 0 spiro atoms. The molecule has 4 nitrogen and oxygen atoms in total. The van der Waals surface area contributed by atoms with E-state index in [1.807, 2.05) is 0 Å².